The van der Waals surface area contributed by atoms with E-state index in [1.54, 1.807) is 36.4 Å². The highest BCUT2D eigenvalue weighted by Gasteiger charge is 2.47. The first-order valence-electron chi connectivity index (χ1n) is 12.3. The number of rotatable bonds is 6. The van der Waals surface area contributed by atoms with Crippen LogP contribution in [0.25, 0.3) is 5.76 Å². The number of nitrogens with zero attached hydrogens (tertiary/aromatic N) is 1. The lowest BCUT2D eigenvalue weighted by Crippen LogP contribution is -2.29. The van der Waals surface area contributed by atoms with Gasteiger partial charge in [0.2, 0.25) is 0 Å². The van der Waals surface area contributed by atoms with Gasteiger partial charge in [0.05, 0.1) is 29.3 Å². The Bertz CT molecular complexity index is 1600. The molecule has 4 aromatic carbocycles. The van der Waals surface area contributed by atoms with Gasteiger partial charge in [0.25, 0.3) is 11.7 Å². The fourth-order valence-corrected chi connectivity index (χ4v) is 5.16. The number of para-hydroxylation sites is 1. The lowest BCUT2D eigenvalue weighted by atomic mass is 9.93. The van der Waals surface area contributed by atoms with Crippen LogP contribution in [-0.4, -0.2) is 23.9 Å². The third-order valence-electron chi connectivity index (χ3n) is 6.54. The molecule has 0 radical (unpaired) electrons. The third kappa shape index (κ3) is 4.99. The van der Waals surface area contributed by atoms with Gasteiger partial charge in [-0.05, 0) is 73.5 Å². The number of hydrogen-bond acceptors (Lipinski definition) is 5. The Labute approximate surface area is 231 Å². The zero-order valence-corrected chi connectivity index (χ0v) is 22.4. The monoisotopic (exact) mass is 539 g/mol. The first-order chi connectivity index (χ1) is 18.8. The van der Waals surface area contributed by atoms with Gasteiger partial charge in [-0.3, -0.25) is 14.5 Å². The number of ketones is 1. The topological polar surface area (TPSA) is 76.1 Å². The minimum atomic E-state index is -0.880. The number of benzene rings is 4. The van der Waals surface area contributed by atoms with E-state index in [4.69, 9.17) is 21.1 Å². The summed E-state index contributed by atoms with van der Waals surface area (Å²) in [6.07, 6.45) is 0. The van der Waals surface area contributed by atoms with Gasteiger partial charge in [0.1, 0.15) is 23.0 Å². The van der Waals surface area contributed by atoms with Crippen molar-refractivity contribution in [2.24, 2.45) is 0 Å². The number of aryl methyl sites for hydroxylation is 2. The van der Waals surface area contributed by atoms with Crippen molar-refractivity contribution in [1.82, 2.24) is 0 Å². The zero-order chi connectivity index (χ0) is 27.7. The summed E-state index contributed by atoms with van der Waals surface area (Å²) in [6, 6.07) is 26.2. The third-order valence-corrected chi connectivity index (χ3v) is 6.82. The second-order valence-electron chi connectivity index (χ2n) is 9.32. The van der Waals surface area contributed by atoms with E-state index in [0.29, 0.717) is 22.7 Å². The molecule has 6 nitrogen and oxygen atoms in total. The van der Waals surface area contributed by atoms with Gasteiger partial charge in [-0.1, -0.05) is 59.6 Å². The molecule has 1 saturated heterocycles. The molecule has 39 heavy (non-hydrogen) atoms. The predicted octanol–water partition coefficient (Wildman–Crippen LogP) is 7.38. The van der Waals surface area contributed by atoms with Crippen LogP contribution in [0.15, 0.2) is 96.6 Å². The quantitative estimate of drug-likeness (QED) is 0.157. The Hall–Kier alpha value is -4.55. The van der Waals surface area contributed by atoms with Crippen molar-refractivity contribution in [3.05, 3.63) is 124 Å². The average Bonchev–Trinajstić information content (AvgIpc) is 3.19. The number of carbonyl (C=O) groups is 2. The molecule has 1 heterocycles. The highest BCUT2D eigenvalue weighted by Crippen LogP contribution is 2.45. The molecule has 0 spiro atoms. The summed E-state index contributed by atoms with van der Waals surface area (Å²) < 4.78 is 11.3. The van der Waals surface area contributed by atoms with Crippen LogP contribution in [-0.2, 0) is 9.59 Å². The largest absolute Gasteiger partial charge is 0.507 e. The molecule has 0 aliphatic carbocycles. The molecule has 1 atom stereocenters. The van der Waals surface area contributed by atoms with Gasteiger partial charge in [0, 0.05) is 5.69 Å². The van der Waals surface area contributed by atoms with Gasteiger partial charge >= 0.3 is 0 Å². The maximum Gasteiger partial charge on any atom is 0.300 e. The number of aliphatic hydroxyl groups excluding tert-OH is 1. The van der Waals surface area contributed by atoms with E-state index in [1.807, 2.05) is 68.4 Å². The molecule has 1 unspecified atom stereocenters. The van der Waals surface area contributed by atoms with Crippen molar-refractivity contribution < 1.29 is 24.2 Å². The van der Waals surface area contributed by atoms with Gasteiger partial charge in [-0.15, -0.1) is 0 Å². The maximum atomic E-state index is 13.5. The van der Waals surface area contributed by atoms with Crippen molar-refractivity contribution in [3.63, 3.8) is 0 Å². The second kappa shape index (κ2) is 10.7. The summed E-state index contributed by atoms with van der Waals surface area (Å²) >= 11 is 6.39. The van der Waals surface area contributed by atoms with Crippen molar-refractivity contribution >= 4 is 34.7 Å². The SMILES string of the molecule is COc1c(Cl)cc(C)cc1/C(O)=C1\C(=O)C(=O)N(c2ccc(Oc3ccccc3)cc2)C1c1cccc(C)c1. The van der Waals surface area contributed by atoms with Crippen LogP contribution >= 0.6 is 11.6 Å². The highest BCUT2D eigenvalue weighted by atomic mass is 35.5. The van der Waals surface area contributed by atoms with Crippen molar-refractivity contribution in [2.45, 2.75) is 19.9 Å². The Morgan fingerprint density at radius 3 is 2.21 bits per heavy atom. The Balaban J connectivity index is 1.64. The summed E-state index contributed by atoms with van der Waals surface area (Å²) in [5, 5.41) is 11.9. The fraction of sp³-hybridized carbons (Fsp3) is 0.125. The number of aliphatic hydroxyl groups is 1. The second-order valence-corrected chi connectivity index (χ2v) is 9.73. The van der Waals surface area contributed by atoms with Crippen LogP contribution < -0.4 is 14.4 Å². The van der Waals surface area contributed by atoms with Crippen LogP contribution in [0, 0.1) is 13.8 Å². The van der Waals surface area contributed by atoms with Crippen LogP contribution in [0.1, 0.15) is 28.3 Å². The van der Waals surface area contributed by atoms with Crippen LogP contribution in [0.2, 0.25) is 5.02 Å². The summed E-state index contributed by atoms with van der Waals surface area (Å²) in [6.45, 7) is 3.74. The number of halogens is 1. The highest BCUT2D eigenvalue weighted by molar-refractivity contribution is 6.51. The van der Waals surface area contributed by atoms with E-state index >= 15 is 0 Å². The minimum absolute atomic E-state index is 0.0461. The molecule has 1 fully saturated rings. The van der Waals surface area contributed by atoms with Gasteiger partial charge in [-0.2, -0.15) is 0 Å². The van der Waals surface area contributed by atoms with Gasteiger partial charge in [-0.25, -0.2) is 0 Å². The van der Waals surface area contributed by atoms with Crippen LogP contribution in [0.3, 0.4) is 0 Å². The summed E-state index contributed by atoms with van der Waals surface area (Å²) in [5.41, 5.74) is 3.06. The Kier molecular flexibility index (Phi) is 7.13. The molecule has 196 valence electrons. The van der Waals surface area contributed by atoms with E-state index in [2.05, 4.69) is 0 Å². The number of Topliss-reactive ketones (excluding diaryl/α,β-unsaturated/α-hetero) is 1. The number of amides is 1. The molecule has 5 rings (SSSR count). The molecule has 0 saturated carbocycles. The van der Waals surface area contributed by atoms with E-state index in [1.165, 1.54) is 12.0 Å². The molecule has 4 aromatic rings. The average molecular weight is 540 g/mol. The summed E-state index contributed by atoms with van der Waals surface area (Å²) in [4.78, 5) is 28.5. The van der Waals surface area contributed by atoms with Crippen molar-refractivity contribution in [1.29, 1.82) is 0 Å². The Morgan fingerprint density at radius 1 is 0.846 bits per heavy atom. The van der Waals surface area contributed by atoms with E-state index in [9.17, 15) is 14.7 Å². The molecular weight excluding hydrogens is 514 g/mol. The van der Waals surface area contributed by atoms with E-state index in [-0.39, 0.29) is 27.7 Å². The number of carbonyl (C=O) groups excluding carboxylic acids is 2. The Morgan fingerprint density at radius 2 is 1.54 bits per heavy atom. The standard InChI is InChI=1S/C32H26ClNO5/c1-19-8-7-9-21(16-19)28-27(29(35)25-17-20(2)18-26(33)31(25)38-3)30(36)32(37)34(28)22-12-14-24(15-13-22)39-23-10-5-4-6-11-23/h4-18,28,35H,1-3H3/b29-27+. The molecule has 1 amide bonds. The number of ether oxygens (including phenoxy) is 2. The molecule has 0 bridgehead atoms. The molecular formula is C32H26ClNO5. The van der Waals surface area contributed by atoms with Crippen LogP contribution in [0.4, 0.5) is 5.69 Å². The smallest absolute Gasteiger partial charge is 0.300 e. The fourth-order valence-electron chi connectivity index (χ4n) is 4.81. The lowest BCUT2D eigenvalue weighted by molar-refractivity contribution is -0.132. The van der Waals surface area contributed by atoms with Gasteiger partial charge in [0.15, 0.2) is 0 Å². The summed E-state index contributed by atoms with van der Waals surface area (Å²) in [5.74, 6) is -0.435. The lowest BCUT2D eigenvalue weighted by Gasteiger charge is -2.26. The van der Waals surface area contributed by atoms with E-state index in [0.717, 1.165) is 11.1 Å². The molecule has 1 aliphatic heterocycles. The minimum Gasteiger partial charge on any atom is -0.507 e. The summed E-state index contributed by atoms with van der Waals surface area (Å²) in [7, 11) is 1.43. The van der Waals surface area contributed by atoms with Crippen molar-refractivity contribution in [2.75, 3.05) is 12.0 Å². The maximum absolute atomic E-state index is 13.5. The molecule has 1 N–H and O–H groups in total. The molecule has 7 heteroatoms. The normalized spacial score (nSPS) is 16.4. The molecule has 0 aromatic heterocycles. The predicted molar refractivity (Wildman–Crippen MR) is 152 cm³/mol. The van der Waals surface area contributed by atoms with Gasteiger partial charge < -0.3 is 14.6 Å². The number of methoxy groups -OCH3 is 1. The first kappa shape index (κ1) is 26.1. The number of hydrogen-bond donors (Lipinski definition) is 1. The van der Waals surface area contributed by atoms with Crippen LogP contribution in [0.5, 0.6) is 17.2 Å². The van der Waals surface area contributed by atoms with E-state index < -0.39 is 17.7 Å². The first-order valence-corrected chi connectivity index (χ1v) is 12.7. The zero-order valence-electron chi connectivity index (χ0n) is 21.6. The molecule has 1 aliphatic rings. The van der Waals surface area contributed by atoms with Crippen molar-refractivity contribution in [3.8, 4) is 17.2 Å². The number of anilines is 1.